The van der Waals surface area contributed by atoms with E-state index >= 15 is 0 Å². The highest BCUT2D eigenvalue weighted by Crippen LogP contribution is 2.33. The third kappa shape index (κ3) is 2.91. The van der Waals surface area contributed by atoms with Gasteiger partial charge in [-0.2, -0.15) is 0 Å². The Morgan fingerprint density at radius 1 is 1.33 bits per heavy atom. The molecule has 5 heteroatoms. The maximum Gasteiger partial charge on any atom is 0.293 e. The van der Waals surface area contributed by atoms with Gasteiger partial charge in [-0.15, -0.1) is 0 Å². The third-order valence-electron chi connectivity index (χ3n) is 3.82. The van der Waals surface area contributed by atoms with Gasteiger partial charge in [-0.25, -0.2) is 4.98 Å². The van der Waals surface area contributed by atoms with Crippen LogP contribution in [0.4, 0.5) is 11.5 Å². The SMILES string of the molecule is CCN(Cc1ccc(N)cc1)c1nccn(C2CC2)c1=O. The molecule has 1 aliphatic carbocycles. The van der Waals surface area contributed by atoms with Crippen molar-refractivity contribution < 1.29 is 0 Å². The smallest absolute Gasteiger partial charge is 0.293 e. The number of hydrogen-bond donors (Lipinski definition) is 1. The van der Waals surface area contributed by atoms with Crippen LogP contribution < -0.4 is 16.2 Å². The molecule has 0 bridgehead atoms. The monoisotopic (exact) mass is 284 g/mol. The summed E-state index contributed by atoms with van der Waals surface area (Å²) in [6.07, 6.45) is 5.70. The molecule has 0 unspecified atom stereocenters. The molecule has 0 aliphatic heterocycles. The molecule has 5 nitrogen and oxygen atoms in total. The number of nitrogens with two attached hydrogens (primary N) is 1. The minimum atomic E-state index is 0.0114. The third-order valence-corrected chi connectivity index (χ3v) is 3.82. The summed E-state index contributed by atoms with van der Waals surface area (Å²) < 4.78 is 1.81. The summed E-state index contributed by atoms with van der Waals surface area (Å²) in [5.74, 6) is 0.531. The Morgan fingerprint density at radius 2 is 2.05 bits per heavy atom. The first-order chi connectivity index (χ1) is 10.2. The van der Waals surface area contributed by atoms with Gasteiger partial charge in [-0.1, -0.05) is 12.1 Å². The van der Waals surface area contributed by atoms with Gasteiger partial charge in [-0.3, -0.25) is 4.79 Å². The standard InChI is InChI=1S/C16H20N4O/c1-2-19(11-12-3-5-13(17)6-4-12)15-16(21)20(10-9-18-15)14-7-8-14/h3-6,9-10,14H,2,7-8,11,17H2,1H3. The van der Waals surface area contributed by atoms with Gasteiger partial charge >= 0.3 is 0 Å². The molecule has 0 saturated heterocycles. The maximum absolute atomic E-state index is 12.5. The Balaban J connectivity index is 1.87. The van der Waals surface area contributed by atoms with Crippen molar-refractivity contribution >= 4 is 11.5 Å². The molecule has 2 N–H and O–H groups in total. The Hall–Kier alpha value is -2.30. The molecular formula is C16H20N4O. The summed E-state index contributed by atoms with van der Waals surface area (Å²) in [5.41, 5.74) is 7.58. The van der Waals surface area contributed by atoms with Gasteiger partial charge in [0, 0.05) is 37.2 Å². The van der Waals surface area contributed by atoms with E-state index < -0.39 is 0 Å². The van der Waals surface area contributed by atoms with Gasteiger partial charge in [-0.05, 0) is 37.5 Å². The predicted octanol–water partition coefficient (Wildman–Crippen LogP) is 2.19. The predicted molar refractivity (Wildman–Crippen MR) is 84.3 cm³/mol. The zero-order valence-corrected chi connectivity index (χ0v) is 12.2. The summed E-state index contributed by atoms with van der Waals surface area (Å²) in [5, 5.41) is 0. The normalized spacial score (nSPS) is 14.1. The van der Waals surface area contributed by atoms with Crippen molar-refractivity contribution in [2.45, 2.75) is 32.4 Å². The number of hydrogen-bond acceptors (Lipinski definition) is 4. The summed E-state index contributed by atoms with van der Waals surface area (Å²) in [4.78, 5) is 18.8. The fourth-order valence-electron chi connectivity index (χ4n) is 2.45. The Labute approximate surface area is 124 Å². The molecule has 0 radical (unpaired) electrons. The van der Waals surface area contributed by atoms with Crippen molar-refractivity contribution in [3.05, 3.63) is 52.6 Å². The van der Waals surface area contributed by atoms with Crippen LogP contribution in [0.2, 0.25) is 0 Å². The first-order valence-corrected chi connectivity index (χ1v) is 7.35. The fraction of sp³-hybridized carbons (Fsp3) is 0.375. The average molecular weight is 284 g/mol. The van der Waals surface area contributed by atoms with Crippen molar-refractivity contribution in [2.24, 2.45) is 0 Å². The van der Waals surface area contributed by atoms with E-state index in [9.17, 15) is 4.79 Å². The van der Waals surface area contributed by atoms with Crippen LogP contribution in [0.25, 0.3) is 0 Å². The van der Waals surface area contributed by atoms with Gasteiger partial charge in [0.15, 0.2) is 5.82 Å². The first kappa shape index (κ1) is 13.7. The van der Waals surface area contributed by atoms with Crippen LogP contribution >= 0.6 is 0 Å². The Morgan fingerprint density at radius 3 is 2.67 bits per heavy atom. The lowest BCUT2D eigenvalue weighted by atomic mass is 10.2. The van der Waals surface area contributed by atoms with E-state index in [1.54, 1.807) is 12.4 Å². The largest absolute Gasteiger partial charge is 0.399 e. The number of aromatic nitrogens is 2. The number of anilines is 2. The second kappa shape index (κ2) is 5.60. The first-order valence-electron chi connectivity index (χ1n) is 7.35. The molecule has 1 heterocycles. The molecular weight excluding hydrogens is 264 g/mol. The number of nitrogen functional groups attached to an aromatic ring is 1. The van der Waals surface area contributed by atoms with E-state index in [2.05, 4.69) is 4.98 Å². The minimum absolute atomic E-state index is 0.0114. The van der Waals surface area contributed by atoms with Crippen molar-refractivity contribution in [1.82, 2.24) is 9.55 Å². The zero-order valence-electron chi connectivity index (χ0n) is 12.2. The van der Waals surface area contributed by atoms with Crippen LogP contribution in [-0.2, 0) is 6.54 Å². The molecule has 110 valence electrons. The van der Waals surface area contributed by atoms with Crippen LogP contribution in [0.15, 0.2) is 41.5 Å². The highest BCUT2D eigenvalue weighted by atomic mass is 16.1. The van der Waals surface area contributed by atoms with Gasteiger partial charge < -0.3 is 15.2 Å². The van der Waals surface area contributed by atoms with E-state index in [4.69, 9.17) is 5.73 Å². The minimum Gasteiger partial charge on any atom is -0.399 e. The molecule has 0 amide bonds. The van der Waals surface area contributed by atoms with Gasteiger partial charge in [0.25, 0.3) is 5.56 Å². The molecule has 0 atom stereocenters. The van der Waals surface area contributed by atoms with E-state index in [-0.39, 0.29) is 5.56 Å². The van der Waals surface area contributed by atoms with E-state index in [1.807, 2.05) is 40.7 Å². The summed E-state index contributed by atoms with van der Waals surface area (Å²) in [7, 11) is 0. The van der Waals surface area contributed by atoms with Crippen molar-refractivity contribution in [2.75, 3.05) is 17.2 Å². The number of nitrogens with zero attached hydrogens (tertiary/aromatic N) is 3. The van der Waals surface area contributed by atoms with Crippen LogP contribution in [0.1, 0.15) is 31.4 Å². The topological polar surface area (TPSA) is 64.2 Å². The maximum atomic E-state index is 12.5. The van der Waals surface area contributed by atoms with Crippen LogP contribution in [0, 0.1) is 0 Å². The second-order valence-corrected chi connectivity index (χ2v) is 5.45. The highest BCUT2D eigenvalue weighted by Gasteiger charge is 2.26. The van der Waals surface area contributed by atoms with Crippen molar-refractivity contribution in [3.8, 4) is 0 Å². The summed E-state index contributed by atoms with van der Waals surface area (Å²) in [6.45, 7) is 3.43. The molecule has 21 heavy (non-hydrogen) atoms. The van der Waals surface area contributed by atoms with Crippen molar-refractivity contribution in [1.29, 1.82) is 0 Å². The van der Waals surface area contributed by atoms with Gasteiger partial charge in [0.05, 0.1) is 0 Å². The molecule has 0 spiro atoms. The average Bonchev–Trinajstić information content (AvgIpc) is 3.32. The van der Waals surface area contributed by atoms with Crippen LogP contribution in [0.5, 0.6) is 0 Å². The summed E-state index contributed by atoms with van der Waals surface area (Å²) >= 11 is 0. The lowest BCUT2D eigenvalue weighted by Crippen LogP contribution is -2.32. The molecule has 1 aromatic carbocycles. The lowest BCUT2D eigenvalue weighted by molar-refractivity contribution is 0.683. The molecule has 1 aliphatic rings. The molecule has 1 fully saturated rings. The quantitative estimate of drug-likeness (QED) is 0.855. The second-order valence-electron chi connectivity index (χ2n) is 5.45. The Bertz CT molecular complexity index is 673. The molecule has 2 aromatic rings. The summed E-state index contributed by atoms with van der Waals surface area (Å²) in [6, 6.07) is 8.10. The zero-order chi connectivity index (χ0) is 14.8. The molecule has 1 saturated carbocycles. The number of benzene rings is 1. The lowest BCUT2D eigenvalue weighted by Gasteiger charge is -2.22. The Kier molecular flexibility index (Phi) is 3.64. The van der Waals surface area contributed by atoms with E-state index in [0.717, 1.165) is 30.6 Å². The molecule has 3 rings (SSSR count). The van der Waals surface area contributed by atoms with Gasteiger partial charge in [0.1, 0.15) is 0 Å². The highest BCUT2D eigenvalue weighted by molar-refractivity contribution is 5.42. The van der Waals surface area contributed by atoms with E-state index in [1.165, 1.54) is 0 Å². The van der Waals surface area contributed by atoms with Crippen LogP contribution in [0.3, 0.4) is 0 Å². The van der Waals surface area contributed by atoms with Crippen molar-refractivity contribution in [3.63, 3.8) is 0 Å². The van der Waals surface area contributed by atoms with E-state index in [0.29, 0.717) is 18.4 Å². The van der Waals surface area contributed by atoms with Crippen LogP contribution in [-0.4, -0.2) is 16.1 Å². The van der Waals surface area contributed by atoms with Gasteiger partial charge in [0.2, 0.25) is 0 Å². The molecule has 1 aromatic heterocycles. The number of rotatable bonds is 5. The fourth-order valence-corrected chi connectivity index (χ4v) is 2.45.